The Bertz CT molecular complexity index is 417. The standard InChI is InChI=1S/C12H15NO4/c1-2-9(8-12(14)15)7-10-5-3-4-6-11(10)13(16)17/h3-6,9H,2,7-8H2,1H3,(H,14,15). The number of carbonyl (C=O) groups is 1. The van der Waals surface area contributed by atoms with Gasteiger partial charge in [0.15, 0.2) is 0 Å². The molecular weight excluding hydrogens is 222 g/mol. The second kappa shape index (κ2) is 5.98. The summed E-state index contributed by atoms with van der Waals surface area (Å²) in [6.07, 6.45) is 1.17. The summed E-state index contributed by atoms with van der Waals surface area (Å²) in [6, 6.07) is 6.47. The predicted molar refractivity (Wildman–Crippen MR) is 62.8 cm³/mol. The summed E-state index contributed by atoms with van der Waals surface area (Å²) in [5.74, 6) is -0.927. The van der Waals surface area contributed by atoms with E-state index in [-0.39, 0.29) is 18.0 Å². The molecule has 0 amide bonds. The van der Waals surface area contributed by atoms with Crippen LogP contribution in [0.15, 0.2) is 24.3 Å². The Kier molecular flexibility index (Phi) is 4.63. The topological polar surface area (TPSA) is 80.4 Å². The van der Waals surface area contributed by atoms with Crippen LogP contribution >= 0.6 is 0 Å². The van der Waals surface area contributed by atoms with Crippen molar-refractivity contribution < 1.29 is 14.8 Å². The largest absolute Gasteiger partial charge is 0.481 e. The molecule has 1 atom stereocenters. The van der Waals surface area contributed by atoms with Crippen LogP contribution in [-0.4, -0.2) is 16.0 Å². The molecular formula is C12H15NO4. The fourth-order valence-corrected chi connectivity index (χ4v) is 1.78. The van der Waals surface area contributed by atoms with Gasteiger partial charge in [0.1, 0.15) is 0 Å². The zero-order valence-electron chi connectivity index (χ0n) is 9.63. The van der Waals surface area contributed by atoms with E-state index in [9.17, 15) is 14.9 Å². The Balaban J connectivity index is 2.85. The molecule has 1 N–H and O–H groups in total. The smallest absolute Gasteiger partial charge is 0.303 e. The minimum atomic E-state index is -0.865. The Morgan fingerprint density at radius 2 is 2.12 bits per heavy atom. The maximum atomic E-state index is 10.8. The number of nitro benzene ring substituents is 1. The van der Waals surface area contributed by atoms with Gasteiger partial charge < -0.3 is 5.11 Å². The van der Waals surface area contributed by atoms with Crippen molar-refractivity contribution in [2.24, 2.45) is 5.92 Å². The van der Waals surface area contributed by atoms with Gasteiger partial charge in [0.2, 0.25) is 0 Å². The molecule has 1 aromatic carbocycles. The summed E-state index contributed by atoms with van der Waals surface area (Å²) in [6.45, 7) is 1.89. The normalized spacial score (nSPS) is 12.1. The van der Waals surface area contributed by atoms with E-state index in [1.54, 1.807) is 18.2 Å². The van der Waals surface area contributed by atoms with Crippen LogP contribution in [0.1, 0.15) is 25.3 Å². The number of hydrogen-bond donors (Lipinski definition) is 1. The molecule has 0 fully saturated rings. The Hall–Kier alpha value is -1.91. The van der Waals surface area contributed by atoms with E-state index in [1.807, 2.05) is 6.92 Å². The maximum Gasteiger partial charge on any atom is 0.303 e. The van der Waals surface area contributed by atoms with Crippen LogP contribution in [0.25, 0.3) is 0 Å². The van der Waals surface area contributed by atoms with Gasteiger partial charge in [-0.25, -0.2) is 0 Å². The average Bonchev–Trinajstić information content (AvgIpc) is 2.28. The Labute approximate surface area is 99.2 Å². The van der Waals surface area contributed by atoms with E-state index in [4.69, 9.17) is 5.11 Å². The van der Waals surface area contributed by atoms with Crippen LogP contribution in [-0.2, 0) is 11.2 Å². The lowest BCUT2D eigenvalue weighted by atomic mass is 9.93. The Morgan fingerprint density at radius 3 is 2.65 bits per heavy atom. The van der Waals surface area contributed by atoms with Gasteiger partial charge in [0, 0.05) is 18.1 Å². The summed E-state index contributed by atoms with van der Waals surface area (Å²) in [7, 11) is 0. The third-order valence-corrected chi connectivity index (χ3v) is 2.74. The van der Waals surface area contributed by atoms with Gasteiger partial charge in [-0.15, -0.1) is 0 Å². The molecule has 0 aromatic heterocycles. The minimum Gasteiger partial charge on any atom is -0.481 e. The van der Waals surface area contributed by atoms with Crippen LogP contribution < -0.4 is 0 Å². The van der Waals surface area contributed by atoms with Gasteiger partial charge >= 0.3 is 5.97 Å². The van der Waals surface area contributed by atoms with E-state index >= 15 is 0 Å². The first kappa shape index (κ1) is 13.2. The van der Waals surface area contributed by atoms with E-state index < -0.39 is 10.9 Å². The van der Waals surface area contributed by atoms with Crippen molar-refractivity contribution in [3.63, 3.8) is 0 Å². The van der Waals surface area contributed by atoms with Gasteiger partial charge in [0.25, 0.3) is 5.69 Å². The molecule has 0 radical (unpaired) electrons. The third kappa shape index (κ3) is 3.86. The number of benzene rings is 1. The first-order valence-electron chi connectivity index (χ1n) is 5.48. The highest BCUT2D eigenvalue weighted by Gasteiger charge is 2.18. The highest BCUT2D eigenvalue weighted by atomic mass is 16.6. The summed E-state index contributed by atoms with van der Waals surface area (Å²) in [5.41, 5.74) is 0.668. The van der Waals surface area contributed by atoms with E-state index in [1.165, 1.54) is 6.07 Å². The molecule has 1 aromatic rings. The predicted octanol–water partition coefficient (Wildman–Crippen LogP) is 2.64. The lowest BCUT2D eigenvalue weighted by Crippen LogP contribution is -2.10. The van der Waals surface area contributed by atoms with Crippen LogP contribution in [0.4, 0.5) is 5.69 Å². The van der Waals surface area contributed by atoms with Gasteiger partial charge in [-0.3, -0.25) is 14.9 Å². The molecule has 5 nitrogen and oxygen atoms in total. The molecule has 1 rings (SSSR count). The molecule has 0 aliphatic heterocycles. The number of nitro groups is 1. The van der Waals surface area contributed by atoms with Gasteiger partial charge in [-0.05, 0) is 12.3 Å². The number of hydrogen-bond acceptors (Lipinski definition) is 3. The van der Waals surface area contributed by atoms with E-state index in [0.29, 0.717) is 18.4 Å². The first-order valence-corrected chi connectivity index (χ1v) is 5.48. The molecule has 92 valence electrons. The van der Waals surface area contributed by atoms with Crippen molar-refractivity contribution in [1.29, 1.82) is 0 Å². The monoisotopic (exact) mass is 237 g/mol. The second-order valence-corrected chi connectivity index (χ2v) is 3.96. The van der Waals surface area contributed by atoms with Crippen molar-refractivity contribution in [2.45, 2.75) is 26.2 Å². The summed E-state index contributed by atoms with van der Waals surface area (Å²) in [4.78, 5) is 21.0. The molecule has 17 heavy (non-hydrogen) atoms. The van der Waals surface area contributed by atoms with Crippen LogP contribution in [0.2, 0.25) is 0 Å². The number of para-hydroxylation sites is 1. The van der Waals surface area contributed by atoms with Crippen molar-refractivity contribution in [3.05, 3.63) is 39.9 Å². The number of nitrogens with zero attached hydrogens (tertiary/aromatic N) is 1. The number of rotatable bonds is 6. The van der Waals surface area contributed by atoms with Crippen LogP contribution in [0, 0.1) is 16.0 Å². The quantitative estimate of drug-likeness (QED) is 0.609. The van der Waals surface area contributed by atoms with Crippen molar-refractivity contribution >= 4 is 11.7 Å². The molecule has 0 bridgehead atoms. The summed E-state index contributed by atoms with van der Waals surface area (Å²) >= 11 is 0. The summed E-state index contributed by atoms with van der Waals surface area (Å²) in [5, 5.41) is 19.5. The van der Waals surface area contributed by atoms with E-state index in [0.717, 1.165) is 0 Å². The first-order chi connectivity index (χ1) is 8.04. The molecule has 0 heterocycles. The Morgan fingerprint density at radius 1 is 1.47 bits per heavy atom. The third-order valence-electron chi connectivity index (χ3n) is 2.74. The van der Waals surface area contributed by atoms with Crippen molar-refractivity contribution in [3.8, 4) is 0 Å². The molecule has 0 saturated carbocycles. The van der Waals surface area contributed by atoms with Crippen molar-refractivity contribution in [2.75, 3.05) is 0 Å². The molecule has 1 unspecified atom stereocenters. The highest BCUT2D eigenvalue weighted by Crippen LogP contribution is 2.23. The number of aliphatic carboxylic acids is 1. The zero-order chi connectivity index (χ0) is 12.8. The lowest BCUT2D eigenvalue weighted by Gasteiger charge is -2.12. The zero-order valence-corrected chi connectivity index (χ0v) is 9.63. The number of carboxylic acid groups (broad SMARTS) is 1. The fourth-order valence-electron chi connectivity index (χ4n) is 1.78. The fraction of sp³-hybridized carbons (Fsp3) is 0.417. The average molecular weight is 237 g/mol. The molecule has 0 aliphatic rings. The van der Waals surface area contributed by atoms with Gasteiger partial charge in [0.05, 0.1) is 4.92 Å². The van der Waals surface area contributed by atoms with Gasteiger partial charge in [-0.2, -0.15) is 0 Å². The molecule has 5 heteroatoms. The van der Waals surface area contributed by atoms with Crippen LogP contribution in [0.3, 0.4) is 0 Å². The van der Waals surface area contributed by atoms with Crippen molar-refractivity contribution in [1.82, 2.24) is 0 Å². The van der Waals surface area contributed by atoms with Crippen LogP contribution in [0.5, 0.6) is 0 Å². The SMILES string of the molecule is CCC(CC(=O)O)Cc1ccccc1[N+](=O)[O-]. The minimum absolute atomic E-state index is 0.0442. The highest BCUT2D eigenvalue weighted by molar-refractivity contribution is 5.67. The molecule has 0 saturated heterocycles. The molecule has 0 aliphatic carbocycles. The lowest BCUT2D eigenvalue weighted by molar-refractivity contribution is -0.385. The summed E-state index contributed by atoms with van der Waals surface area (Å²) < 4.78 is 0. The number of carboxylic acids is 1. The maximum absolute atomic E-state index is 10.8. The molecule has 0 spiro atoms. The second-order valence-electron chi connectivity index (χ2n) is 3.96. The van der Waals surface area contributed by atoms with E-state index in [2.05, 4.69) is 0 Å². The van der Waals surface area contributed by atoms with Gasteiger partial charge in [-0.1, -0.05) is 31.5 Å².